The first-order valence-electron chi connectivity index (χ1n) is 3.04. The highest BCUT2D eigenvalue weighted by atomic mass is 16.5. The molecule has 0 atom stereocenters. The largest absolute Gasteiger partial charge is 0.432 e. The highest BCUT2D eigenvalue weighted by Gasteiger charge is 1.96. The molecule has 0 saturated carbocycles. The van der Waals surface area contributed by atoms with E-state index in [1.807, 2.05) is 6.92 Å². The monoisotopic (exact) mass is 128 g/mol. The maximum absolute atomic E-state index is 10.5. The molecule has 0 aliphatic rings. The number of hydrogen-bond acceptors (Lipinski definition) is 2. The van der Waals surface area contributed by atoms with Gasteiger partial charge in [-0.2, -0.15) is 0 Å². The minimum Gasteiger partial charge on any atom is -0.432 e. The van der Waals surface area contributed by atoms with Crippen molar-refractivity contribution in [3.63, 3.8) is 0 Å². The van der Waals surface area contributed by atoms with E-state index in [1.54, 1.807) is 19.9 Å². The molecular formula is C7H12O2. The van der Waals surface area contributed by atoms with Gasteiger partial charge in [-0.1, -0.05) is 6.92 Å². The first kappa shape index (κ1) is 8.21. The summed E-state index contributed by atoms with van der Waals surface area (Å²) in [6.45, 7) is 5.36. The van der Waals surface area contributed by atoms with E-state index in [1.165, 1.54) is 0 Å². The van der Waals surface area contributed by atoms with Crippen LogP contribution in [0.25, 0.3) is 0 Å². The maximum atomic E-state index is 10.5. The lowest BCUT2D eigenvalue weighted by molar-refractivity contribution is -0.139. The smallest absolute Gasteiger partial charge is 0.310 e. The summed E-state index contributed by atoms with van der Waals surface area (Å²) in [6.07, 6.45) is 2.19. The number of allylic oxidation sites excluding steroid dienone is 2. The van der Waals surface area contributed by atoms with Crippen LogP contribution in [0.4, 0.5) is 0 Å². The van der Waals surface area contributed by atoms with E-state index in [2.05, 4.69) is 0 Å². The minimum atomic E-state index is -0.175. The summed E-state index contributed by atoms with van der Waals surface area (Å²) in [5, 5.41) is 0. The van der Waals surface area contributed by atoms with Crippen molar-refractivity contribution >= 4 is 5.97 Å². The van der Waals surface area contributed by atoms with Gasteiger partial charge in [0.15, 0.2) is 0 Å². The van der Waals surface area contributed by atoms with Gasteiger partial charge in [0.1, 0.15) is 5.76 Å². The Labute approximate surface area is 55.5 Å². The van der Waals surface area contributed by atoms with Gasteiger partial charge >= 0.3 is 5.97 Å². The number of ether oxygens (including phenoxy) is 1. The summed E-state index contributed by atoms with van der Waals surface area (Å²) in [4.78, 5) is 10.5. The molecule has 2 nitrogen and oxygen atoms in total. The molecular weight excluding hydrogens is 116 g/mol. The maximum Gasteiger partial charge on any atom is 0.310 e. The van der Waals surface area contributed by atoms with Crippen LogP contribution < -0.4 is 0 Å². The third-order valence-electron chi connectivity index (χ3n) is 0.970. The van der Waals surface area contributed by atoms with Crippen LogP contribution in [0.3, 0.4) is 0 Å². The van der Waals surface area contributed by atoms with Crippen molar-refractivity contribution in [2.45, 2.75) is 27.2 Å². The highest BCUT2D eigenvalue weighted by molar-refractivity contribution is 5.69. The molecule has 0 radical (unpaired) electrons. The molecule has 2 heteroatoms. The number of hydrogen-bond donors (Lipinski definition) is 0. The van der Waals surface area contributed by atoms with Crippen LogP contribution in [0.2, 0.25) is 0 Å². The molecule has 0 aliphatic heterocycles. The van der Waals surface area contributed by atoms with Gasteiger partial charge in [0.05, 0.1) is 0 Å². The molecule has 0 bridgehead atoms. The molecule has 0 N–H and O–H groups in total. The molecule has 0 saturated heterocycles. The average molecular weight is 128 g/mol. The fourth-order valence-electron chi connectivity index (χ4n) is 0.311. The van der Waals surface area contributed by atoms with Crippen LogP contribution in [0.5, 0.6) is 0 Å². The summed E-state index contributed by atoms with van der Waals surface area (Å²) in [7, 11) is 0. The Morgan fingerprint density at radius 3 is 2.56 bits per heavy atom. The topological polar surface area (TPSA) is 26.3 Å². The van der Waals surface area contributed by atoms with Crippen molar-refractivity contribution in [1.82, 2.24) is 0 Å². The second-order valence-electron chi connectivity index (χ2n) is 1.73. The van der Waals surface area contributed by atoms with Gasteiger partial charge in [-0.05, 0) is 19.9 Å². The van der Waals surface area contributed by atoms with Crippen molar-refractivity contribution in [1.29, 1.82) is 0 Å². The fraction of sp³-hybridized carbons (Fsp3) is 0.571. The van der Waals surface area contributed by atoms with Gasteiger partial charge < -0.3 is 4.74 Å². The molecule has 0 fully saturated rings. The van der Waals surface area contributed by atoms with Crippen molar-refractivity contribution in [3.05, 3.63) is 11.8 Å². The SMILES string of the molecule is CC=C(C)OC(=O)CC. The predicted octanol–water partition coefficient (Wildman–Crippen LogP) is 1.86. The van der Waals surface area contributed by atoms with Crippen molar-refractivity contribution in [2.75, 3.05) is 0 Å². The Morgan fingerprint density at radius 2 is 2.22 bits per heavy atom. The lowest BCUT2D eigenvalue weighted by Gasteiger charge is -1.99. The molecule has 0 aromatic heterocycles. The summed E-state index contributed by atoms with van der Waals surface area (Å²) in [5.41, 5.74) is 0. The number of carbonyl (C=O) groups is 1. The van der Waals surface area contributed by atoms with Crippen LogP contribution in [0.1, 0.15) is 27.2 Å². The Morgan fingerprint density at radius 1 is 1.67 bits per heavy atom. The third-order valence-corrected chi connectivity index (χ3v) is 0.970. The number of esters is 1. The van der Waals surface area contributed by atoms with Crippen LogP contribution >= 0.6 is 0 Å². The molecule has 0 aromatic carbocycles. The first-order valence-corrected chi connectivity index (χ1v) is 3.04. The normalized spacial score (nSPS) is 11.2. The first-order chi connectivity index (χ1) is 4.20. The molecule has 0 unspecified atom stereocenters. The molecule has 9 heavy (non-hydrogen) atoms. The Hall–Kier alpha value is -0.790. The van der Waals surface area contributed by atoms with Crippen molar-refractivity contribution < 1.29 is 9.53 Å². The Balaban J connectivity index is 3.60. The Bertz CT molecular complexity index is 125. The predicted molar refractivity (Wildman–Crippen MR) is 35.8 cm³/mol. The van der Waals surface area contributed by atoms with E-state index < -0.39 is 0 Å². The zero-order chi connectivity index (χ0) is 7.28. The van der Waals surface area contributed by atoms with E-state index in [4.69, 9.17) is 4.74 Å². The Kier molecular flexibility index (Phi) is 3.76. The summed E-state index contributed by atoms with van der Waals surface area (Å²) in [5.74, 6) is 0.493. The molecule has 0 rings (SSSR count). The van der Waals surface area contributed by atoms with Crippen molar-refractivity contribution in [2.24, 2.45) is 0 Å². The number of carbonyl (C=O) groups excluding carboxylic acids is 1. The quantitative estimate of drug-likeness (QED) is 0.419. The van der Waals surface area contributed by atoms with Gasteiger partial charge in [0, 0.05) is 6.42 Å². The third kappa shape index (κ3) is 3.76. The average Bonchev–Trinajstić information content (AvgIpc) is 1.87. The van der Waals surface area contributed by atoms with E-state index in [-0.39, 0.29) is 5.97 Å². The summed E-state index contributed by atoms with van der Waals surface area (Å²) in [6, 6.07) is 0. The van der Waals surface area contributed by atoms with Gasteiger partial charge in [-0.3, -0.25) is 4.79 Å². The zero-order valence-electron chi connectivity index (χ0n) is 6.10. The van der Waals surface area contributed by atoms with Crippen LogP contribution in [0.15, 0.2) is 11.8 Å². The standard InChI is InChI=1S/C7H12O2/c1-4-6(3)9-7(8)5-2/h4H,5H2,1-3H3. The van der Waals surface area contributed by atoms with E-state index in [0.717, 1.165) is 0 Å². The van der Waals surface area contributed by atoms with Gasteiger partial charge in [0.2, 0.25) is 0 Å². The molecule has 0 aliphatic carbocycles. The second-order valence-corrected chi connectivity index (χ2v) is 1.73. The molecule has 0 spiro atoms. The minimum absolute atomic E-state index is 0.175. The van der Waals surface area contributed by atoms with Crippen LogP contribution in [-0.2, 0) is 9.53 Å². The highest BCUT2D eigenvalue weighted by Crippen LogP contribution is 1.96. The second kappa shape index (κ2) is 4.13. The summed E-state index contributed by atoms with van der Waals surface area (Å²) < 4.78 is 4.77. The van der Waals surface area contributed by atoms with Crippen LogP contribution in [-0.4, -0.2) is 5.97 Å². The number of rotatable bonds is 2. The lowest BCUT2D eigenvalue weighted by atomic mass is 10.5. The van der Waals surface area contributed by atoms with Gasteiger partial charge in [-0.15, -0.1) is 0 Å². The summed E-state index contributed by atoms with van der Waals surface area (Å²) >= 11 is 0. The van der Waals surface area contributed by atoms with Crippen LogP contribution in [0, 0.1) is 0 Å². The van der Waals surface area contributed by atoms with E-state index >= 15 is 0 Å². The van der Waals surface area contributed by atoms with E-state index in [9.17, 15) is 4.79 Å². The fourth-order valence-corrected chi connectivity index (χ4v) is 0.311. The van der Waals surface area contributed by atoms with Crippen molar-refractivity contribution in [3.8, 4) is 0 Å². The molecule has 0 amide bonds. The zero-order valence-corrected chi connectivity index (χ0v) is 6.10. The van der Waals surface area contributed by atoms with E-state index in [0.29, 0.717) is 12.2 Å². The lowest BCUT2D eigenvalue weighted by Crippen LogP contribution is -1.99. The van der Waals surface area contributed by atoms with Gasteiger partial charge in [-0.25, -0.2) is 0 Å². The molecule has 52 valence electrons. The molecule has 0 heterocycles. The molecule has 0 aromatic rings. The van der Waals surface area contributed by atoms with Gasteiger partial charge in [0.25, 0.3) is 0 Å².